The van der Waals surface area contributed by atoms with Crippen molar-refractivity contribution in [3.63, 3.8) is 0 Å². The van der Waals surface area contributed by atoms with Crippen LogP contribution in [-0.2, 0) is 9.06 Å². The number of carbonyl (C=O) groups excluding carboxylic acids is 1. The number of alkyl halides is 1. The van der Waals surface area contributed by atoms with E-state index in [4.69, 9.17) is 9.84 Å². The summed E-state index contributed by atoms with van der Waals surface area (Å²) >= 11 is 3.72. The number of halogens is 1. The van der Waals surface area contributed by atoms with Crippen LogP contribution in [0.4, 0.5) is 4.79 Å². The molecule has 2 rings (SSSR count). The van der Waals surface area contributed by atoms with Crippen LogP contribution in [0, 0.1) is 0 Å². The van der Waals surface area contributed by atoms with E-state index in [-0.39, 0.29) is 5.56 Å². The van der Waals surface area contributed by atoms with E-state index in [9.17, 15) is 9.59 Å². The number of likely N-dealkylation sites (tertiary alicyclic amines) is 1. The Labute approximate surface area is 150 Å². The lowest BCUT2D eigenvalue weighted by Crippen LogP contribution is -2.45. The molecule has 1 atom stereocenters. The van der Waals surface area contributed by atoms with Crippen LogP contribution in [-0.4, -0.2) is 34.2 Å². The molecule has 0 aromatic heterocycles. The molecule has 1 aliphatic heterocycles. The molecule has 130 valence electrons. The number of carbonyl (C=O) groups is 2. The number of hydrogen-bond donors (Lipinski definition) is 1. The Morgan fingerprint density at radius 2 is 1.88 bits per heavy atom. The minimum Gasteiger partial charge on any atom is -0.478 e. The van der Waals surface area contributed by atoms with E-state index in [2.05, 4.69) is 22.5 Å². The molecular weight excluding hydrogens is 374 g/mol. The summed E-state index contributed by atoms with van der Waals surface area (Å²) < 4.78 is 4.84. The first kappa shape index (κ1) is 18.5. The van der Waals surface area contributed by atoms with Crippen molar-refractivity contribution >= 4 is 28.0 Å². The molecule has 1 aromatic carbocycles. The number of carboxylic acid groups (broad SMARTS) is 1. The van der Waals surface area contributed by atoms with Crippen molar-refractivity contribution in [2.24, 2.45) is 0 Å². The first-order valence-electron chi connectivity index (χ1n) is 7.77. The Kier molecular flexibility index (Phi) is 5.08. The van der Waals surface area contributed by atoms with E-state index < -0.39 is 22.0 Å². The van der Waals surface area contributed by atoms with Crippen LogP contribution in [0.5, 0.6) is 0 Å². The number of benzene rings is 1. The number of hydrogen-bond acceptors (Lipinski definition) is 3. The number of rotatable bonds is 2. The lowest BCUT2D eigenvalue weighted by molar-refractivity contribution is 0.0272. The molecule has 1 heterocycles. The van der Waals surface area contributed by atoms with Gasteiger partial charge in [-0.1, -0.05) is 34.6 Å². The Morgan fingerprint density at radius 3 is 2.38 bits per heavy atom. The predicted octanol–water partition coefficient (Wildman–Crippen LogP) is 4.52. The first-order chi connectivity index (χ1) is 11.0. The average Bonchev–Trinajstić information content (AvgIpc) is 2.48. The highest BCUT2D eigenvalue weighted by molar-refractivity contribution is 9.09. The van der Waals surface area contributed by atoms with Crippen LogP contribution < -0.4 is 0 Å². The molecule has 1 unspecified atom stereocenters. The minimum atomic E-state index is -0.969. The Hall–Kier alpha value is -1.82. The van der Waals surface area contributed by atoms with Crippen LogP contribution in [0.1, 0.15) is 49.5 Å². The molecule has 0 saturated carbocycles. The second-order valence-electron chi connectivity index (χ2n) is 6.87. The molecule has 1 saturated heterocycles. The molecule has 0 radical (unpaired) electrons. The number of amides is 1. The summed E-state index contributed by atoms with van der Waals surface area (Å²) in [5.74, 6) is -0.969. The molecule has 1 fully saturated rings. The van der Waals surface area contributed by atoms with E-state index in [1.807, 2.05) is 20.8 Å². The highest BCUT2D eigenvalue weighted by Crippen LogP contribution is 2.46. The molecular formula is C18H22BrNO4. The number of nitrogens with zero attached hydrogens (tertiary/aromatic N) is 1. The zero-order valence-electron chi connectivity index (χ0n) is 14.1. The fourth-order valence-electron chi connectivity index (χ4n) is 2.68. The Bertz CT molecular complexity index is 663. The molecule has 1 aromatic rings. The van der Waals surface area contributed by atoms with Gasteiger partial charge in [-0.3, -0.25) is 4.90 Å². The number of piperidine rings is 1. The van der Waals surface area contributed by atoms with Gasteiger partial charge >= 0.3 is 12.1 Å². The van der Waals surface area contributed by atoms with Gasteiger partial charge in [-0.15, -0.1) is 0 Å². The summed E-state index contributed by atoms with van der Waals surface area (Å²) in [6.07, 6.45) is 1.13. The van der Waals surface area contributed by atoms with Crippen molar-refractivity contribution in [1.29, 1.82) is 0 Å². The van der Waals surface area contributed by atoms with Gasteiger partial charge < -0.3 is 9.84 Å². The molecule has 1 N–H and O–H groups in total. The standard InChI is InChI=1S/C18H22BrNO4/c1-12-18(19,14-8-6-13(7-9-14)15(21)22)10-5-11-20(12)16(23)24-17(2,3)4/h6-9H,1,5,10-11H2,2-4H3,(H,21,22). The highest BCUT2D eigenvalue weighted by atomic mass is 79.9. The fraction of sp³-hybridized carbons (Fsp3) is 0.444. The molecule has 1 amide bonds. The van der Waals surface area contributed by atoms with Gasteiger partial charge in [0, 0.05) is 12.2 Å². The van der Waals surface area contributed by atoms with Crippen molar-refractivity contribution in [3.8, 4) is 0 Å². The second-order valence-corrected chi connectivity index (χ2v) is 8.22. The largest absolute Gasteiger partial charge is 0.478 e. The smallest absolute Gasteiger partial charge is 0.414 e. The summed E-state index contributed by atoms with van der Waals surface area (Å²) in [5.41, 5.74) is 1.12. The number of carboxylic acids is 1. The highest BCUT2D eigenvalue weighted by Gasteiger charge is 2.41. The quantitative estimate of drug-likeness (QED) is 0.747. The van der Waals surface area contributed by atoms with Gasteiger partial charge in [0.05, 0.1) is 9.89 Å². The Balaban J connectivity index is 2.27. The summed E-state index contributed by atoms with van der Waals surface area (Å²) in [5, 5.41) is 9.03. The summed E-state index contributed by atoms with van der Waals surface area (Å²) in [6, 6.07) is 6.62. The van der Waals surface area contributed by atoms with Gasteiger partial charge in [-0.25, -0.2) is 9.59 Å². The molecule has 0 aliphatic carbocycles. The molecule has 0 spiro atoms. The van der Waals surface area contributed by atoms with E-state index in [0.29, 0.717) is 12.2 Å². The van der Waals surface area contributed by atoms with Gasteiger partial charge in [0.2, 0.25) is 0 Å². The van der Waals surface area contributed by atoms with Gasteiger partial charge in [-0.05, 0) is 51.3 Å². The normalized spacial score (nSPS) is 21.5. The second kappa shape index (κ2) is 6.59. The van der Waals surface area contributed by atoms with E-state index in [1.165, 1.54) is 0 Å². The molecule has 24 heavy (non-hydrogen) atoms. The monoisotopic (exact) mass is 395 g/mol. The summed E-state index contributed by atoms with van der Waals surface area (Å²) in [7, 11) is 0. The summed E-state index contributed by atoms with van der Waals surface area (Å²) in [4.78, 5) is 25.0. The van der Waals surface area contributed by atoms with E-state index in [0.717, 1.165) is 18.4 Å². The molecule has 1 aliphatic rings. The predicted molar refractivity (Wildman–Crippen MR) is 95.3 cm³/mol. The van der Waals surface area contributed by atoms with Crippen molar-refractivity contribution < 1.29 is 19.4 Å². The van der Waals surface area contributed by atoms with Crippen molar-refractivity contribution in [2.45, 2.75) is 43.5 Å². The van der Waals surface area contributed by atoms with Gasteiger partial charge in [0.15, 0.2) is 0 Å². The van der Waals surface area contributed by atoms with E-state index in [1.54, 1.807) is 29.2 Å². The van der Waals surface area contributed by atoms with Crippen LogP contribution in [0.25, 0.3) is 0 Å². The zero-order valence-corrected chi connectivity index (χ0v) is 15.7. The van der Waals surface area contributed by atoms with Crippen molar-refractivity contribution in [1.82, 2.24) is 4.90 Å². The van der Waals surface area contributed by atoms with Gasteiger partial charge in [0.1, 0.15) is 5.60 Å². The number of aromatic carboxylic acids is 1. The summed E-state index contributed by atoms with van der Waals surface area (Å²) in [6.45, 7) is 10.1. The third-order valence-electron chi connectivity index (χ3n) is 3.89. The number of ether oxygens (including phenoxy) is 1. The maximum Gasteiger partial charge on any atom is 0.414 e. The maximum absolute atomic E-state index is 12.4. The molecule has 5 nitrogen and oxygen atoms in total. The molecule has 0 bridgehead atoms. The fourth-order valence-corrected chi connectivity index (χ4v) is 3.44. The van der Waals surface area contributed by atoms with Crippen molar-refractivity contribution in [3.05, 3.63) is 47.7 Å². The lowest BCUT2D eigenvalue weighted by atomic mass is 9.87. The van der Waals surface area contributed by atoms with Gasteiger partial charge in [-0.2, -0.15) is 0 Å². The SMILES string of the molecule is C=C1N(C(=O)OC(C)(C)C)CCCC1(Br)c1ccc(C(=O)O)cc1. The van der Waals surface area contributed by atoms with Gasteiger partial charge in [0.25, 0.3) is 0 Å². The third-order valence-corrected chi connectivity index (χ3v) is 5.20. The maximum atomic E-state index is 12.4. The van der Waals surface area contributed by atoms with Crippen LogP contribution in [0.2, 0.25) is 0 Å². The van der Waals surface area contributed by atoms with Crippen LogP contribution >= 0.6 is 15.9 Å². The lowest BCUT2D eigenvalue weighted by Gasteiger charge is -2.41. The van der Waals surface area contributed by atoms with Crippen molar-refractivity contribution in [2.75, 3.05) is 6.54 Å². The topological polar surface area (TPSA) is 66.8 Å². The minimum absolute atomic E-state index is 0.222. The Morgan fingerprint density at radius 1 is 1.29 bits per heavy atom. The van der Waals surface area contributed by atoms with Crippen LogP contribution in [0.15, 0.2) is 36.5 Å². The van der Waals surface area contributed by atoms with E-state index >= 15 is 0 Å². The average molecular weight is 396 g/mol. The molecule has 6 heteroatoms. The first-order valence-corrected chi connectivity index (χ1v) is 8.56. The third kappa shape index (κ3) is 3.80. The number of allylic oxidation sites excluding steroid dienone is 1. The van der Waals surface area contributed by atoms with Crippen LogP contribution in [0.3, 0.4) is 0 Å². The zero-order chi connectivity index (χ0) is 18.1.